The minimum absolute atomic E-state index is 0.105. The maximum atomic E-state index is 11.8. The molecule has 0 saturated heterocycles. The minimum atomic E-state index is 0.105. The molecule has 0 heterocycles. The van der Waals surface area contributed by atoms with Crippen LogP contribution < -0.4 is 5.32 Å². The van der Waals surface area contributed by atoms with Gasteiger partial charge < -0.3 is 10.4 Å². The number of aliphatic hydroxyl groups is 1. The molecule has 0 spiro atoms. The molecule has 0 aromatic carbocycles. The Bertz CT molecular complexity index is 246. The van der Waals surface area contributed by atoms with E-state index in [9.17, 15) is 4.79 Å². The molecule has 0 bridgehead atoms. The van der Waals surface area contributed by atoms with Crippen LogP contribution in [0.15, 0.2) is 0 Å². The van der Waals surface area contributed by atoms with Crippen LogP contribution in [0, 0.1) is 17.8 Å². The monoisotopic (exact) mass is 225 g/mol. The number of nitrogens with one attached hydrogen (secondary N) is 1. The van der Waals surface area contributed by atoms with Crippen molar-refractivity contribution in [1.82, 2.24) is 5.32 Å². The number of hydrogen-bond acceptors (Lipinski definition) is 2. The van der Waals surface area contributed by atoms with Crippen LogP contribution in [-0.4, -0.2) is 23.7 Å². The summed E-state index contributed by atoms with van der Waals surface area (Å²) in [5.74, 6) is 1.40. The smallest absolute Gasteiger partial charge is 0.223 e. The van der Waals surface area contributed by atoms with Gasteiger partial charge in [-0.1, -0.05) is 13.3 Å². The fourth-order valence-electron chi connectivity index (χ4n) is 2.79. The summed E-state index contributed by atoms with van der Waals surface area (Å²) in [7, 11) is 0. The lowest BCUT2D eigenvalue weighted by Gasteiger charge is -2.28. The van der Waals surface area contributed by atoms with Crippen molar-refractivity contribution in [2.75, 3.05) is 6.61 Å². The van der Waals surface area contributed by atoms with Gasteiger partial charge in [0, 0.05) is 18.6 Å². The molecule has 0 aromatic rings. The molecule has 2 rings (SSSR count). The maximum Gasteiger partial charge on any atom is 0.223 e. The van der Waals surface area contributed by atoms with Crippen LogP contribution in [0.25, 0.3) is 0 Å². The summed E-state index contributed by atoms with van der Waals surface area (Å²) in [4.78, 5) is 11.8. The first-order valence-electron chi connectivity index (χ1n) is 6.65. The van der Waals surface area contributed by atoms with Crippen LogP contribution in [0.4, 0.5) is 0 Å². The fourth-order valence-corrected chi connectivity index (χ4v) is 2.79. The molecular weight excluding hydrogens is 202 g/mol. The molecule has 0 aromatic heterocycles. The van der Waals surface area contributed by atoms with Crippen LogP contribution in [0.2, 0.25) is 0 Å². The Morgan fingerprint density at radius 1 is 1.31 bits per heavy atom. The van der Waals surface area contributed by atoms with Crippen LogP contribution in [0.5, 0.6) is 0 Å². The van der Waals surface area contributed by atoms with E-state index >= 15 is 0 Å². The third kappa shape index (κ3) is 2.76. The molecule has 2 N–H and O–H groups in total. The van der Waals surface area contributed by atoms with E-state index in [0.717, 1.165) is 25.2 Å². The molecule has 0 radical (unpaired) electrons. The highest BCUT2D eigenvalue weighted by molar-refractivity contribution is 5.81. The van der Waals surface area contributed by atoms with Gasteiger partial charge in [-0.15, -0.1) is 0 Å². The van der Waals surface area contributed by atoms with E-state index in [1.54, 1.807) is 0 Å². The number of carbonyl (C=O) groups is 1. The molecule has 2 aliphatic carbocycles. The molecule has 1 amide bonds. The SMILES string of the molecule is CC[C@H]1CC[C@H](NC(=O)[C@@H]2C[C@H]2CO)CC1. The average Bonchev–Trinajstić information content (AvgIpc) is 3.09. The number of aliphatic hydroxyl groups excluding tert-OH is 1. The molecule has 3 heteroatoms. The Kier molecular flexibility index (Phi) is 3.85. The normalized spacial score (nSPS) is 38.1. The number of rotatable bonds is 4. The van der Waals surface area contributed by atoms with Gasteiger partial charge in [0.15, 0.2) is 0 Å². The van der Waals surface area contributed by atoms with Crippen LogP contribution >= 0.6 is 0 Å². The lowest BCUT2D eigenvalue weighted by molar-refractivity contribution is -0.123. The molecule has 0 aliphatic heterocycles. The topological polar surface area (TPSA) is 49.3 Å². The van der Waals surface area contributed by atoms with Gasteiger partial charge in [-0.25, -0.2) is 0 Å². The van der Waals surface area contributed by atoms with Crippen molar-refractivity contribution in [3.63, 3.8) is 0 Å². The first kappa shape index (κ1) is 11.9. The molecule has 3 nitrogen and oxygen atoms in total. The van der Waals surface area contributed by atoms with E-state index < -0.39 is 0 Å². The Hall–Kier alpha value is -0.570. The summed E-state index contributed by atoms with van der Waals surface area (Å²) in [5, 5.41) is 12.1. The van der Waals surface area contributed by atoms with Gasteiger partial charge in [-0.3, -0.25) is 4.79 Å². The fraction of sp³-hybridized carbons (Fsp3) is 0.923. The lowest BCUT2D eigenvalue weighted by Crippen LogP contribution is -2.38. The number of carbonyl (C=O) groups excluding carboxylic acids is 1. The third-order valence-corrected chi connectivity index (χ3v) is 4.26. The van der Waals surface area contributed by atoms with Crippen molar-refractivity contribution in [3.05, 3.63) is 0 Å². The second-order valence-corrected chi connectivity index (χ2v) is 5.42. The molecule has 0 unspecified atom stereocenters. The zero-order chi connectivity index (χ0) is 11.5. The molecule has 2 fully saturated rings. The van der Waals surface area contributed by atoms with Gasteiger partial charge in [-0.05, 0) is 43.9 Å². The average molecular weight is 225 g/mol. The van der Waals surface area contributed by atoms with Crippen molar-refractivity contribution >= 4 is 5.91 Å². The second kappa shape index (κ2) is 5.17. The van der Waals surface area contributed by atoms with Gasteiger partial charge in [0.05, 0.1) is 0 Å². The zero-order valence-corrected chi connectivity index (χ0v) is 10.1. The van der Waals surface area contributed by atoms with E-state index in [4.69, 9.17) is 5.11 Å². The lowest BCUT2D eigenvalue weighted by atomic mass is 9.84. The summed E-state index contributed by atoms with van der Waals surface area (Å²) in [5.41, 5.74) is 0. The van der Waals surface area contributed by atoms with Crippen LogP contribution in [-0.2, 0) is 4.79 Å². The number of hydrogen-bond donors (Lipinski definition) is 2. The van der Waals surface area contributed by atoms with E-state index in [-0.39, 0.29) is 24.3 Å². The molecular formula is C13H23NO2. The van der Waals surface area contributed by atoms with Crippen molar-refractivity contribution in [2.24, 2.45) is 17.8 Å². The van der Waals surface area contributed by atoms with Crippen molar-refractivity contribution in [3.8, 4) is 0 Å². The first-order chi connectivity index (χ1) is 7.74. The van der Waals surface area contributed by atoms with E-state index in [1.165, 1.54) is 19.3 Å². The molecule has 2 aliphatic rings. The van der Waals surface area contributed by atoms with Crippen molar-refractivity contribution in [1.29, 1.82) is 0 Å². The molecule has 16 heavy (non-hydrogen) atoms. The van der Waals surface area contributed by atoms with E-state index in [1.807, 2.05) is 0 Å². The Balaban J connectivity index is 1.69. The Labute approximate surface area is 97.6 Å². The predicted molar refractivity (Wildman–Crippen MR) is 62.9 cm³/mol. The summed E-state index contributed by atoms with van der Waals surface area (Å²) in [6, 6.07) is 0.398. The van der Waals surface area contributed by atoms with Gasteiger partial charge in [-0.2, -0.15) is 0 Å². The first-order valence-corrected chi connectivity index (χ1v) is 6.65. The van der Waals surface area contributed by atoms with E-state index in [0.29, 0.717) is 6.04 Å². The molecule has 92 valence electrons. The quantitative estimate of drug-likeness (QED) is 0.765. The highest BCUT2D eigenvalue weighted by Gasteiger charge is 2.42. The third-order valence-electron chi connectivity index (χ3n) is 4.26. The predicted octanol–water partition coefficient (Wildman–Crippen LogP) is 1.70. The summed E-state index contributed by atoms with van der Waals surface area (Å²) in [6.07, 6.45) is 6.95. The molecule has 2 saturated carbocycles. The van der Waals surface area contributed by atoms with Crippen LogP contribution in [0.3, 0.4) is 0 Å². The van der Waals surface area contributed by atoms with Crippen molar-refractivity contribution in [2.45, 2.75) is 51.5 Å². The van der Waals surface area contributed by atoms with Gasteiger partial charge in [0.1, 0.15) is 0 Å². The largest absolute Gasteiger partial charge is 0.396 e. The highest BCUT2D eigenvalue weighted by Crippen LogP contribution is 2.38. The Morgan fingerprint density at radius 3 is 2.50 bits per heavy atom. The second-order valence-electron chi connectivity index (χ2n) is 5.42. The summed E-state index contributed by atoms with van der Waals surface area (Å²) in [6.45, 7) is 2.42. The summed E-state index contributed by atoms with van der Waals surface area (Å²) >= 11 is 0. The minimum Gasteiger partial charge on any atom is -0.396 e. The van der Waals surface area contributed by atoms with Crippen LogP contribution in [0.1, 0.15) is 45.4 Å². The van der Waals surface area contributed by atoms with Gasteiger partial charge >= 0.3 is 0 Å². The zero-order valence-electron chi connectivity index (χ0n) is 10.1. The molecule has 2 atom stereocenters. The summed E-state index contributed by atoms with van der Waals surface area (Å²) < 4.78 is 0. The maximum absolute atomic E-state index is 11.8. The highest BCUT2D eigenvalue weighted by atomic mass is 16.3. The standard InChI is InChI=1S/C13H23NO2/c1-2-9-3-5-11(6-4-9)14-13(16)12-7-10(12)8-15/h9-12,15H,2-8H2,1H3,(H,14,16)/t9-,10-,11-,12+/m0/s1. The van der Waals surface area contributed by atoms with E-state index in [2.05, 4.69) is 12.2 Å². The Morgan fingerprint density at radius 2 is 2.00 bits per heavy atom. The van der Waals surface area contributed by atoms with Gasteiger partial charge in [0.25, 0.3) is 0 Å². The van der Waals surface area contributed by atoms with Crippen molar-refractivity contribution < 1.29 is 9.90 Å². The number of amides is 1. The van der Waals surface area contributed by atoms with Gasteiger partial charge in [0.2, 0.25) is 5.91 Å².